The molecule has 0 saturated heterocycles. The summed E-state index contributed by atoms with van der Waals surface area (Å²) in [4.78, 5) is 0. The fourth-order valence-electron chi connectivity index (χ4n) is 1.83. The van der Waals surface area contributed by atoms with E-state index in [1.165, 1.54) is 22.3 Å². The van der Waals surface area contributed by atoms with Gasteiger partial charge in [0.1, 0.15) is 0 Å². The minimum absolute atomic E-state index is 1.13. The Kier molecular flexibility index (Phi) is 2.91. The monoisotopic (exact) mass is 161 g/mol. The Labute approximate surface area is 75.6 Å². The number of hydrogen-bond acceptors (Lipinski definition) is 0. The summed E-state index contributed by atoms with van der Waals surface area (Å²) in [6, 6.07) is 5.40. The number of benzene rings is 1. The average molecular weight is 161 g/mol. The van der Waals surface area contributed by atoms with E-state index in [9.17, 15) is 0 Å². The molecule has 0 spiro atoms. The highest BCUT2D eigenvalue weighted by molar-refractivity contribution is 5.39. The normalized spacial score (nSPS) is 10.3. The molecule has 1 rings (SSSR count). The Morgan fingerprint density at radius 3 is 2.08 bits per heavy atom. The second-order valence-corrected chi connectivity index (χ2v) is 3.26. The summed E-state index contributed by atoms with van der Waals surface area (Å²) >= 11 is 0. The quantitative estimate of drug-likeness (QED) is 0.624. The Bertz CT molecular complexity index is 243. The van der Waals surface area contributed by atoms with Crippen molar-refractivity contribution in [3.05, 3.63) is 34.4 Å². The van der Waals surface area contributed by atoms with Crippen LogP contribution in [0.2, 0.25) is 0 Å². The SMILES string of the molecule is CCc1c(C)[c]cc(C)c1CC. The predicted molar refractivity (Wildman–Crippen MR) is 53.5 cm³/mol. The maximum absolute atomic E-state index is 3.29. The van der Waals surface area contributed by atoms with Crippen LogP contribution in [0.4, 0.5) is 0 Å². The fraction of sp³-hybridized carbons (Fsp3) is 0.500. The molecule has 65 valence electrons. The maximum Gasteiger partial charge on any atom is -0.0146 e. The fourth-order valence-corrected chi connectivity index (χ4v) is 1.83. The van der Waals surface area contributed by atoms with Crippen molar-refractivity contribution in [1.82, 2.24) is 0 Å². The van der Waals surface area contributed by atoms with Gasteiger partial charge in [0.2, 0.25) is 0 Å². The first-order valence-corrected chi connectivity index (χ1v) is 4.70. The van der Waals surface area contributed by atoms with Gasteiger partial charge in [-0.05, 0) is 55.0 Å². The van der Waals surface area contributed by atoms with Crippen molar-refractivity contribution in [2.45, 2.75) is 40.5 Å². The highest BCUT2D eigenvalue weighted by Gasteiger charge is 2.04. The van der Waals surface area contributed by atoms with E-state index in [1.54, 1.807) is 0 Å². The lowest BCUT2D eigenvalue weighted by molar-refractivity contribution is 0.999. The highest BCUT2D eigenvalue weighted by Crippen LogP contribution is 2.18. The smallest absolute Gasteiger partial charge is 0.0146 e. The van der Waals surface area contributed by atoms with Gasteiger partial charge >= 0.3 is 0 Å². The summed E-state index contributed by atoms with van der Waals surface area (Å²) < 4.78 is 0. The van der Waals surface area contributed by atoms with E-state index >= 15 is 0 Å². The molecule has 0 atom stereocenters. The van der Waals surface area contributed by atoms with Crippen molar-refractivity contribution < 1.29 is 0 Å². The predicted octanol–water partition coefficient (Wildman–Crippen LogP) is 3.23. The Morgan fingerprint density at radius 2 is 1.67 bits per heavy atom. The van der Waals surface area contributed by atoms with Crippen LogP contribution in [-0.2, 0) is 12.8 Å². The van der Waals surface area contributed by atoms with E-state index in [4.69, 9.17) is 0 Å². The van der Waals surface area contributed by atoms with Gasteiger partial charge in [0.15, 0.2) is 0 Å². The third-order valence-electron chi connectivity index (χ3n) is 2.51. The lowest BCUT2D eigenvalue weighted by Gasteiger charge is -2.11. The third kappa shape index (κ3) is 1.52. The molecular formula is C12H17. The van der Waals surface area contributed by atoms with Gasteiger partial charge in [-0.1, -0.05) is 19.9 Å². The van der Waals surface area contributed by atoms with Crippen molar-refractivity contribution in [1.29, 1.82) is 0 Å². The van der Waals surface area contributed by atoms with Gasteiger partial charge in [-0.3, -0.25) is 0 Å². The summed E-state index contributed by atoms with van der Waals surface area (Å²) in [5.41, 5.74) is 5.73. The molecule has 0 aliphatic carbocycles. The standard InChI is InChI=1S/C12H17/c1-5-11-9(3)7-8-10(4)12(11)6-2/h7H,5-6H2,1-4H3. The zero-order valence-electron chi connectivity index (χ0n) is 8.49. The second-order valence-electron chi connectivity index (χ2n) is 3.26. The number of rotatable bonds is 2. The van der Waals surface area contributed by atoms with Crippen LogP contribution in [0.25, 0.3) is 0 Å². The Balaban J connectivity index is 3.28. The van der Waals surface area contributed by atoms with Crippen molar-refractivity contribution in [3.8, 4) is 0 Å². The van der Waals surface area contributed by atoms with Gasteiger partial charge < -0.3 is 0 Å². The van der Waals surface area contributed by atoms with Crippen LogP contribution in [0.5, 0.6) is 0 Å². The summed E-state index contributed by atoms with van der Waals surface area (Å²) in [6.07, 6.45) is 2.28. The molecule has 0 saturated carbocycles. The first-order chi connectivity index (χ1) is 5.70. The molecule has 1 aromatic rings. The van der Waals surface area contributed by atoms with Crippen LogP contribution < -0.4 is 0 Å². The molecule has 1 radical (unpaired) electrons. The van der Waals surface area contributed by atoms with Crippen LogP contribution in [0, 0.1) is 19.9 Å². The van der Waals surface area contributed by atoms with E-state index in [0.717, 1.165) is 12.8 Å². The zero-order valence-corrected chi connectivity index (χ0v) is 8.49. The van der Waals surface area contributed by atoms with Crippen LogP contribution in [-0.4, -0.2) is 0 Å². The van der Waals surface area contributed by atoms with Crippen LogP contribution in [0.15, 0.2) is 6.07 Å². The van der Waals surface area contributed by atoms with E-state index in [0.29, 0.717) is 0 Å². The molecule has 0 heteroatoms. The molecule has 0 aliphatic rings. The van der Waals surface area contributed by atoms with Crippen molar-refractivity contribution in [3.63, 3.8) is 0 Å². The van der Waals surface area contributed by atoms with Crippen LogP contribution in [0.3, 0.4) is 0 Å². The lowest BCUT2D eigenvalue weighted by atomic mass is 9.94. The summed E-state index contributed by atoms with van der Waals surface area (Å²) in [6.45, 7) is 8.76. The summed E-state index contributed by atoms with van der Waals surface area (Å²) in [5, 5.41) is 0. The van der Waals surface area contributed by atoms with Crippen molar-refractivity contribution in [2.24, 2.45) is 0 Å². The molecule has 0 N–H and O–H groups in total. The zero-order chi connectivity index (χ0) is 9.14. The Hall–Kier alpha value is -0.780. The summed E-state index contributed by atoms with van der Waals surface area (Å²) in [5.74, 6) is 0. The molecule has 0 amide bonds. The van der Waals surface area contributed by atoms with Crippen molar-refractivity contribution >= 4 is 0 Å². The van der Waals surface area contributed by atoms with Gasteiger partial charge in [-0.15, -0.1) is 0 Å². The minimum Gasteiger partial charge on any atom is -0.0613 e. The first-order valence-electron chi connectivity index (χ1n) is 4.70. The van der Waals surface area contributed by atoms with Gasteiger partial charge in [-0.2, -0.15) is 0 Å². The molecule has 0 bridgehead atoms. The molecule has 12 heavy (non-hydrogen) atoms. The number of hydrogen-bond donors (Lipinski definition) is 0. The molecular weight excluding hydrogens is 144 g/mol. The highest BCUT2D eigenvalue weighted by atomic mass is 14.1. The molecule has 0 heterocycles. The van der Waals surface area contributed by atoms with Gasteiger partial charge in [0, 0.05) is 0 Å². The van der Waals surface area contributed by atoms with E-state index in [2.05, 4.69) is 39.8 Å². The Morgan fingerprint density at radius 1 is 1.08 bits per heavy atom. The van der Waals surface area contributed by atoms with E-state index in [-0.39, 0.29) is 0 Å². The molecule has 0 nitrogen and oxygen atoms in total. The van der Waals surface area contributed by atoms with Crippen LogP contribution >= 0.6 is 0 Å². The average Bonchev–Trinajstić information content (AvgIpc) is 2.08. The molecule has 0 fully saturated rings. The molecule has 0 aromatic heterocycles. The third-order valence-corrected chi connectivity index (χ3v) is 2.51. The maximum atomic E-state index is 3.29. The minimum atomic E-state index is 1.13. The largest absolute Gasteiger partial charge is 0.0613 e. The first kappa shape index (κ1) is 9.31. The van der Waals surface area contributed by atoms with Gasteiger partial charge in [-0.25, -0.2) is 0 Å². The number of aryl methyl sites for hydroxylation is 2. The molecule has 0 unspecified atom stereocenters. The van der Waals surface area contributed by atoms with E-state index in [1.807, 2.05) is 0 Å². The van der Waals surface area contributed by atoms with E-state index < -0.39 is 0 Å². The topological polar surface area (TPSA) is 0 Å². The van der Waals surface area contributed by atoms with Gasteiger partial charge in [0.25, 0.3) is 0 Å². The van der Waals surface area contributed by atoms with Crippen LogP contribution in [0.1, 0.15) is 36.1 Å². The van der Waals surface area contributed by atoms with Crippen molar-refractivity contribution in [2.75, 3.05) is 0 Å². The lowest BCUT2D eigenvalue weighted by Crippen LogP contribution is -1.97. The summed E-state index contributed by atoms with van der Waals surface area (Å²) in [7, 11) is 0. The van der Waals surface area contributed by atoms with Gasteiger partial charge in [0.05, 0.1) is 0 Å². The molecule has 1 aromatic carbocycles. The second kappa shape index (κ2) is 3.75. The molecule has 0 aliphatic heterocycles.